The van der Waals surface area contributed by atoms with Gasteiger partial charge in [-0.15, -0.1) is 0 Å². The molecule has 1 N–H and O–H groups in total. The quantitative estimate of drug-likeness (QED) is 0.884. The first-order chi connectivity index (χ1) is 9.25. The van der Waals surface area contributed by atoms with Gasteiger partial charge in [0, 0.05) is 31.7 Å². The highest BCUT2D eigenvalue weighted by molar-refractivity contribution is 5.94. The molecule has 0 bridgehead atoms. The highest BCUT2D eigenvalue weighted by Gasteiger charge is 2.23. The molecule has 0 atom stereocenters. The van der Waals surface area contributed by atoms with Gasteiger partial charge in [-0.1, -0.05) is 25.3 Å². The fourth-order valence-electron chi connectivity index (χ4n) is 3.27. The van der Waals surface area contributed by atoms with Crippen LogP contribution in [0, 0.1) is 0 Å². The highest BCUT2D eigenvalue weighted by atomic mass is 16.2. The first kappa shape index (κ1) is 12.7. The number of hydrogen-bond donors (Lipinski definition) is 1. The third-order valence-electron chi connectivity index (χ3n) is 4.53. The molecule has 1 aromatic rings. The van der Waals surface area contributed by atoms with Gasteiger partial charge in [-0.25, -0.2) is 0 Å². The van der Waals surface area contributed by atoms with Gasteiger partial charge in [-0.3, -0.25) is 4.79 Å². The van der Waals surface area contributed by atoms with Crippen LogP contribution in [0.2, 0.25) is 0 Å². The van der Waals surface area contributed by atoms with Crippen molar-refractivity contribution in [1.29, 1.82) is 0 Å². The molecule has 102 valence electrons. The van der Waals surface area contributed by atoms with E-state index in [9.17, 15) is 4.79 Å². The Kier molecular flexibility index (Phi) is 3.56. The lowest BCUT2D eigenvalue weighted by Crippen LogP contribution is -2.38. The molecule has 1 aliphatic carbocycles. The van der Waals surface area contributed by atoms with Crippen molar-refractivity contribution in [3.63, 3.8) is 0 Å². The Morgan fingerprint density at radius 1 is 1.16 bits per heavy atom. The lowest BCUT2D eigenvalue weighted by atomic mass is 9.94. The maximum atomic E-state index is 12.5. The van der Waals surface area contributed by atoms with Crippen LogP contribution in [0.4, 0.5) is 0 Å². The SMILES string of the molecule is CN(C(=O)c1ccc2c(c1)CNC2)C1CCCCC1. The monoisotopic (exact) mass is 258 g/mol. The molecule has 0 radical (unpaired) electrons. The molecule has 19 heavy (non-hydrogen) atoms. The summed E-state index contributed by atoms with van der Waals surface area (Å²) in [6.07, 6.45) is 6.17. The summed E-state index contributed by atoms with van der Waals surface area (Å²) in [6.45, 7) is 1.83. The van der Waals surface area contributed by atoms with Crippen LogP contribution in [0.5, 0.6) is 0 Å². The van der Waals surface area contributed by atoms with Crippen molar-refractivity contribution in [2.75, 3.05) is 7.05 Å². The van der Waals surface area contributed by atoms with E-state index in [1.54, 1.807) is 0 Å². The van der Waals surface area contributed by atoms with E-state index < -0.39 is 0 Å². The van der Waals surface area contributed by atoms with E-state index in [1.807, 2.05) is 18.0 Å². The van der Waals surface area contributed by atoms with E-state index in [1.165, 1.54) is 30.4 Å². The second kappa shape index (κ2) is 5.33. The van der Waals surface area contributed by atoms with Gasteiger partial charge >= 0.3 is 0 Å². The first-order valence-corrected chi connectivity index (χ1v) is 7.35. The van der Waals surface area contributed by atoms with Crippen molar-refractivity contribution in [2.45, 2.75) is 51.2 Å². The molecule has 2 aliphatic rings. The highest BCUT2D eigenvalue weighted by Crippen LogP contribution is 2.24. The number of nitrogens with zero attached hydrogens (tertiary/aromatic N) is 1. The summed E-state index contributed by atoms with van der Waals surface area (Å²) < 4.78 is 0. The lowest BCUT2D eigenvalue weighted by molar-refractivity contribution is 0.0696. The summed E-state index contributed by atoms with van der Waals surface area (Å²) in [6, 6.07) is 6.58. The van der Waals surface area contributed by atoms with Gasteiger partial charge in [0.05, 0.1) is 0 Å². The van der Waals surface area contributed by atoms with Gasteiger partial charge in [0.1, 0.15) is 0 Å². The lowest BCUT2D eigenvalue weighted by Gasteiger charge is -2.31. The summed E-state index contributed by atoms with van der Waals surface area (Å²) in [5, 5.41) is 3.32. The van der Waals surface area contributed by atoms with E-state index in [0.29, 0.717) is 6.04 Å². The Morgan fingerprint density at radius 3 is 2.68 bits per heavy atom. The number of benzene rings is 1. The summed E-state index contributed by atoms with van der Waals surface area (Å²) in [5.41, 5.74) is 3.45. The largest absolute Gasteiger partial charge is 0.339 e. The third-order valence-corrected chi connectivity index (χ3v) is 4.53. The molecule has 1 saturated carbocycles. The van der Waals surface area contributed by atoms with Crippen molar-refractivity contribution in [2.24, 2.45) is 0 Å². The minimum atomic E-state index is 0.182. The molecule has 0 aromatic heterocycles. The van der Waals surface area contributed by atoms with Crippen molar-refractivity contribution < 1.29 is 4.79 Å². The fraction of sp³-hybridized carbons (Fsp3) is 0.562. The normalized spacial score (nSPS) is 19.2. The molecule has 0 spiro atoms. The second-order valence-electron chi connectivity index (χ2n) is 5.79. The van der Waals surface area contributed by atoms with Crippen LogP contribution < -0.4 is 5.32 Å². The standard InChI is InChI=1S/C16H22N2O/c1-18(15-5-3-2-4-6-15)16(19)12-7-8-13-10-17-11-14(13)9-12/h7-9,15,17H,2-6,10-11H2,1H3. The van der Waals surface area contributed by atoms with Gasteiger partial charge in [-0.05, 0) is 36.1 Å². The topological polar surface area (TPSA) is 32.3 Å². The summed E-state index contributed by atoms with van der Waals surface area (Å²) in [7, 11) is 1.96. The molecule has 3 rings (SSSR count). The van der Waals surface area contributed by atoms with Crippen LogP contribution in [0.15, 0.2) is 18.2 Å². The number of fused-ring (bicyclic) bond motifs is 1. The smallest absolute Gasteiger partial charge is 0.253 e. The average Bonchev–Trinajstić information content (AvgIpc) is 2.94. The van der Waals surface area contributed by atoms with Gasteiger partial charge < -0.3 is 10.2 Å². The third kappa shape index (κ3) is 2.52. The Morgan fingerprint density at radius 2 is 1.89 bits per heavy atom. The molecule has 0 unspecified atom stereocenters. The van der Waals surface area contributed by atoms with Crippen LogP contribution in [0.25, 0.3) is 0 Å². The van der Waals surface area contributed by atoms with Crippen LogP contribution in [0.1, 0.15) is 53.6 Å². The molecule has 1 fully saturated rings. The van der Waals surface area contributed by atoms with Crippen molar-refractivity contribution in [3.05, 3.63) is 34.9 Å². The summed E-state index contributed by atoms with van der Waals surface area (Å²) in [5.74, 6) is 0.182. The molecular formula is C16H22N2O. The Hall–Kier alpha value is -1.35. The maximum absolute atomic E-state index is 12.5. The predicted octanol–water partition coefficient (Wildman–Crippen LogP) is 2.69. The molecule has 0 saturated heterocycles. The average molecular weight is 258 g/mol. The predicted molar refractivity (Wildman–Crippen MR) is 76.0 cm³/mol. The van der Waals surface area contributed by atoms with Gasteiger partial charge in [0.25, 0.3) is 5.91 Å². The van der Waals surface area contributed by atoms with E-state index in [2.05, 4.69) is 17.4 Å². The maximum Gasteiger partial charge on any atom is 0.253 e. The van der Waals surface area contributed by atoms with Crippen LogP contribution in [0.3, 0.4) is 0 Å². The van der Waals surface area contributed by atoms with Crippen LogP contribution >= 0.6 is 0 Å². The van der Waals surface area contributed by atoms with Crippen molar-refractivity contribution in [3.8, 4) is 0 Å². The molecule has 1 aliphatic heterocycles. The Bertz CT molecular complexity index is 478. The molecule has 3 nitrogen and oxygen atoms in total. The summed E-state index contributed by atoms with van der Waals surface area (Å²) in [4.78, 5) is 14.5. The van der Waals surface area contributed by atoms with Crippen LogP contribution in [-0.2, 0) is 13.1 Å². The van der Waals surface area contributed by atoms with Gasteiger partial charge in [-0.2, -0.15) is 0 Å². The molecule has 1 aromatic carbocycles. The fourth-order valence-corrected chi connectivity index (χ4v) is 3.27. The first-order valence-electron chi connectivity index (χ1n) is 7.35. The van der Waals surface area contributed by atoms with E-state index in [4.69, 9.17) is 0 Å². The minimum Gasteiger partial charge on any atom is -0.339 e. The number of nitrogens with one attached hydrogen (secondary N) is 1. The second-order valence-corrected chi connectivity index (χ2v) is 5.79. The number of rotatable bonds is 2. The van der Waals surface area contributed by atoms with E-state index >= 15 is 0 Å². The van der Waals surface area contributed by atoms with E-state index in [-0.39, 0.29) is 5.91 Å². The zero-order valence-electron chi connectivity index (χ0n) is 11.6. The summed E-state index contributed by atoms with van der Waals surface area (Å²) >= 11 is 0. The van der Waals surface area contributed by atoms with Crippen molar-refractivity contribution in [1.82, 2.24) is 10.2 Å². The molecule has 1 heterocycles. The van der Waals surface area contributed by atoms with Crippen LogP contribution in [-0.4, -0.2) is 23.9 Å². The Labute approximate surface area is 115 Å². The van der Waals surface area contributed by atoms with Gasteiger partial charge in [0.15, 0.2) is 0 Å². The molecule has 1 amide bonds. The number of carbonyl (C=O) groups excluding carboxylic acids is 1. The number of carbonyl (C=O) groups is 1. The van der Waals surface area contributed by atoms with Gasteiger partial charge in [0.2, 0.25) is 0 Å². The minimum absolute atomic E-state index is 0.182. The number of amides is 1. The zero-order valence-corrected chi connectivity index (χ0v) is 11.6. The molecule has 3 heteroatoms. The Balaban J connectivity index is 1.75. The van der Waals surface area contributed by atoms with Crippen molar-refractivity contribution >= 4 is 5.91 Å². The number of hydrogen-bond acceptors (Lipinski definition) is 2. The zero-order chi connectivity index (χ0) is 13.2. The van der Waals surface area contributed by atoms with E-state index in [0.717, 1.165) is 31.5 Å². The molecular weight excluding hydrogens is 236 g/mol.